The third kappa shape index (κ3) is 3.66. The summed E-state index contributed by atoms with van der Waals surface area (Å²) in [5.74, 6) is -2.39. The van der Waals surface area contributed by atoms with E-state index in [0.717, 1.165) is 18.2 Å². The highest BCUT2D eigenvalue weighted by Gasteiger charge is 2.41. The summed E-state index contributed by atoms with van der Waals surface area (Å²) in [5, 5.41) is 0. The zero-order valence-electron chi connectivity index (χ0n) is 14.9. The number of fused-ring (bicyclic) bond motifs is 1. The number of nitrogens with zero attached hydrogens (tertiary/aromatic N) is 1. The topological polar surface area (TPSA) is 73.3 Å². The van der Waals surface area contributed by atoms with Crippen LogP contribution in [0.1, 0.15) is 36.2 Å². The van der Waals surface area contributed by atoms with Crippen molar-refractivity contribution < 1.29 is 31.1 Å². The number of pyridine rings is 1. The van der Waals surface area contributed by atoms with Gasteiger partial charge in [0.25, 0.3) is 0 Å². The summed E-state index contributed by atoms with van der Waals surface area (Å²) in [4.78, 5) is 15.5. The van der Waals surface area contributed by atoms with Gasteiger partial charge in [0.2, 0.25) is 0 Å². The highest BCUT2D eigenvalue weighted by molar-refractivity contribution is 8.00. The summed E-state index contributed by atoms with van der Waals surface area (Å²) < 4.78 is 71.8. The fourth-order valence-electron chi connectivity index (χ4n) is 2.81. The second kappa shape index (κ2) is 7.05. The van der Waals surface area contributed by atoms with E-state index in [1.165, 1.54) is 38.2 Å². The Balaban J connectivity index is 2.39. The average Bonchev–Trinajstić information content (AvgIpc) is 2.60. The van der Waals surface area contributed by atoms with Crippen LogP contribution in [0.4, 0.5) is 13.2 Å². The predicted octanol–water partition coefficient (Wildman–Crippen LogP) is 4.05. The fraction of sp³-hybridized carbons (Fsp3) is 0.263. The van der Waals surface area contributed by atoms with Crippen LogP contribution in [0.25, 0.3) is 10.7 Å². The van der Waals surface area contributed by atoms with E-state index in [1.807, 2.05) is 0 Å². The van der Waals surface area contributed by atoms with Crippen molar-refractivity contribution in [3.63, 3.8) is 0 Å². The molecule has 0 atom stereocenters. The highest BCUT2D eigenvalue weighted by Crippen LogP contribution is 2.44. The minimum absolute atomic E-state index is 0.113. The molecule has 28 heavy (non-hydrogen) atoms. The number of hydrogen-bond acceptors (Lipinski definition) is 5. The first-order valence-corrected chi connectivity index (χ1v) is 9.97. The van der Waals surface area contributed by atoms with Crippen molar-refractivity contribution in [2.45, 2.75) is 25.8 Å². The first kappa shape index (κ1) is 20.1. The minimum Gasteiger partial charge on any atom is -0.424 e. The highest BCUT2D eigenvalue weighted by atomic mass is 32.2. The summed E-state index contributed by atoms with van der Waals surface area (Å²) in [6.45, 7) is 3.07. The Morgan fingerprint density at radius 2 is 1.75 bits per heavy atom. The number of carbonyl (C=O) groups excluding carboxylic acids is 1. The van der Waals surface area contributed by atoms with Crippen molar-refractivity contribution in [1.82, 2.24) is 4.98 Å². The normalized spacial score (nSPS) is 16.1. The first-order chi connectivity index (χ1) is 13.0. The molecule has 0 bridgehead atoms. The molecule has 9 heteroatoms. The maximum atomic E-state index is 13.5. The Hall–Kier alpha value is -2.68. The first-order valence-electron chi connectivity index (χ1n) is 8.32. The molecule has 1 aromatic heterocycles. The molecule has 1 aliphatic rings. The molecule has 1 aliphatic heterocycles. The van der Waals surface area contributed by atoms with Gasteiger partial charge in [-0.2, -0.15) is 13.2 Å². The van der Waals surface area contributed by atoms with Crippen LogP contribution in [0.2, 0.25) is 0 Å². The van der Waals surface area contributed by atoms with Gasteiger partial charge < -0.3 is 4.74 Å². The van der Waals surface area contributed by atoms with Crippen LogP contribution in [0, 0.1) is 5.92 Å². The number of aromatic nitrogens is 1. The molecule has 0 N–H and O–H groups in total. The molecular formula is C19H16F3NO4S. The number of benzene rings is 1. The number of halogens is 3. The lowest BCUT2D eigenvalue weighted by Gasteiger charge is -2.24. The van der Waals surface area contributed by atoms with Crippen LogP contribution in [0.15, 0.2) is 42.6 Å². The molecule has 0 spiro atoms. The standard InChI is InChI=1S/C19H16F3NO4S/c1-11(2)18(24)27-16-13-7-5-9-23-15(13)10-28(25,26)17(16)12-6-3-4-8-14(12)19(20,21)22/h3-9,11H,10H2,1-2H3. The van der Waals surface area contributed by atoms with Crippen molar-refractivity contribution in [2.24, 2.45) is 5.92 Å². The average molecular weight is 411 g/mol. The molecule has 0 unspecified atom stereocenters. The van der Waals surface area contributed by atoms with E-state index in [9.17, 15) is 26.4 Å². The molecule has 3 rings (SSSR count). The molecule has 0 amide bonds. The van der Waals surface area contributed by atoms with Crippen LogP contribution in [0.5, 0.6) is 0 Å². The van der Waals surface area contributed by atoms with Crippen LogP contribution in [-0.4, -0.2) is 19.4 Å². The summed E-state index contributed by atoms with van der Waals surface area (Å²) in [7, 11) is -4.25. The maximum absolute atomic E-state index is 13.5. The Kier molecular flexibility index (Phi) is 5.05. The molecule has 1 aromatic carbocycles. The molecule has 5 nitrogen and oxygen atoms in total. The van der Waals surface area contributed by atoms with Crippen molar-refractivity contribution >= 4 is 26.5 Å². The van der Waals surface area contributed by atoms with Crippen LogP contribution >= 0.6 is 0 Å². The Labute approximate surface area is 159 Å². The molecule has 2 aromatic rings. The van der Waals surface area contributed by atoms with Gasteiger partial charge in [-0.3, -0.25) is 9.78 Å². The summed E-state index contributed by atoms with van der Waals surface area (Å²) in [6, 6.07) is 7.27. The third-order valence-corrected chi connectivity index (χ3v) is 5.81. The number of sulfone groups is 1. The zero-order valence-corrected chi connectivity index (χ0v) is 15.8. The fourth-order valence-corrected chi connectivity index (χ4v) is 4.49. The van der Waals surface area contributed by atoms with Crippen molar-refractivity contribution in [2.75, 3.05) is 0 Å². The van der Waals surface area contributed by atoms with E-state index in [0.29, 0.717) is 0 Å². The van der Waals surface area contributed by atoms with Gasteiger partial charge in [0.15, 0.2) is 15.6 Å². The summed E-state index contributed by atoms with van der Waals surface area (Å²) in [6.07, 6.45) is -3.42. The number of alkyl halides is 3. The molecule has 0 aliphatic carbocycles. The Bertz CT molecular complexity index is 1070. The van der Waals surface area contributed by atoms with Gasteiger partial charge in [0.05, 0.1) is 22.9 Å². The summed E-state index contributed by atoms with van der Waals surface area (Å²) in [5.41, 5.74) is -1.39. The lowest BCUT2D eigenvalue weighted by Crippen LogP contribution is -2.22. The molecule has 148 valence electrons. The SMILES string of the molecule is CC(C)C(=O)OC1=C(c2ccccc2C(F)(F)F)S(=O)(=O)Cc2ncccc21. The number of ether oxygens (including phenoxy) is 1. The van der Waals surface area contributed by atoms with E-state index in [2.05, 4.69) is 4.98 Å². The van der Waals surface area contributed by atoms with E-state index >= 15 is 0 Å². The van der Waals surface area contributed by atoms with Crippen molar-refractivity contribution in [3.05, 3.63) is 65.0 Å². The van der Waals surface area contributed by atoms with Gasteiger partial charge in [-0.1, -0.05) is 32.0 Å². The number of esters is 1. The quantitative estimate of drug-likeness (QED) is 0.713. The van der Waals surface area contributed by atoms with Gasteiger partial charge in [0.1, 0.15) is 4.91 Å². The second-order valence-electron chi connectivity index (χ2n) is 6.53. The minimum atomic E-state index is -4.79. The number of carbonyl (C=O) groups is 1. The van der Waals surface area contributed by atoms with Crippen LogP contribution in [-0.2, 0) is 31.3 Å². The lowest BCUT2D eigenvalue weighted by atomic mass is 10.0. The van der Waals surface area contributed by atoms with Gasteiger partial charge >= 0.3 is 12.1 Å². The molecule has 0 saturated carbocycles. The molecular weight excluding hydrogens is 395 g/mol. The molecule has 0 saturated heterocycles. The van der Waals surface area contributed by atoms with E-state index in [4.69, 9.17) is 4.74 Å². The van der Waals surface area contributed by atoms with Crippen LogP contribution in [0.3, 0.4) is 0 Å². The van der Waals surface area contributed by atoms with Gasteiger partial charge in [-0.05, 0) is 18.2 Å². The Morgan fingerprint density at radius 1 is 1.11 bits per heavy atom. The molecule has 0 fully saturated rings. The number of hydrogen-bond donors (Lipinski definition) is 0. The second-order valence-corrected chi connectivity index (χ2v) is 8.46. The van der Waals surface area contributed by atoms with Crippen LogP contribution < -0.4 is 0 Å². The molecule has 2 heterocycles. The summed E-state index contributed by atoms with van der Waals surface area (Å²) >= 11 is 0. The lowest BCUT2D eigenvalue weighted by molar-refractivity contribution is -0.140. The Morgan fingerprint density at radius 3 is 2.39 bits per heavy atom. The maximum Gasteiger partial charge on any atom is 0.417 e. The van der Waals surface area contributed by atoms with Crippen molar-refractivity contribution in [1.29, 1.82) is 0 Å². The smallest absolute Gasteiger partial charge is 0.417 e. The molecule has 0 radical (unpaired) electrons. The zero-order chi connectivity index (χ0) is 20.7. The van der Waals surface area contributed by atoms with E-state index in [-0.39, 0.29) is 11.3 Å². The van der Waals surface area contributed by atoms with E-state index in [1.54, 1.807) is 0 Å². The van der Waals surface area contributed by atoms with Crippen molar-refractivity contribution in [3.8, 4) is 0 Å². The largest absolute Gasteiger partial charge is 0.424 e. The van der Waals surface area contributed by atoms with E-state index < -0.39 is 55.4 Å². The third-order valence-electron chi connectivity index (χ3n) is 4.13. The monoisotopic (exact) mass is 411 g/mol. The number of rotatable bonds is 3. The van der Waals surface area contributed by atoms with Gasteiger partial charge in [-0.25, -0.2) is 8.42 Å². The van der Waals surface area contributed by atoms with Gasteiger partial charge in [0, 0.05) is 17.3 Å². The van der Waals surface area contributed by atoms with Gasteiger partial charge in [-0.15, -0.1) is 0 Å². The predicted molar refractivity (Wildman–Crippen MR) is 96.0 cm³/mol.